The third kappa shape index (κ3) is 2.74. The fourth-order valence-corrected chi connectivity index (χ4v) is 1.76. The van der Waals surface area contributed by atoms with Crippen LogP contribution in [0.4, 0.5) is 0 Å². The molecule has 0 saturated carbocycles. The average molecular weight is 260 g/mol. The molecule has 1 rings (SSSR count). The number of aromatic nitrogens is 1. The van der Waals surface area contributed by atoms with Gasteiger partial charge in [0.15, 0.2) is 0 Å². The van der Waals surface area contributed by atoms with Crippen LogP contribution in [0, 0.1) is 0 Å². The summed E-state index contributed by atoms with van der Waals surface area (Å²) in [4.78, 5) is 15.4. The zero-order valence-electron chi connectivity index (χ0n) is 8.96. The molecule has 1 atom stereocenters. The van der Waals surface area contributed by atoms with E-state index >= 15 is 0 Å². The molecule has 0 bridgehead atoms. The van der Waals surface area contributed by atoms with E-state index in [-0.39, 0.29) is 5.92 Å². The number of hydrogen-bond donors (Lipinski definition) is 0. The standard InChI is InChI=1S/C11H11Cl2NO2/c1-6(7(2)11(15)16-3)10-9(13)4-8(12)5-14-10/h4-6H,2H2,1,3H3. The monoisotopic (exact) mass is 259 g/mol. The molecule has 86 valence electrons. The molecular formula is C11H11Cl2NO2. The van der Waals surface area contributed by atoms with Crippen molar-refractivity contribution in [2.45, 2.75) is 12.8 Å². The Hall–Kier alpha value is -1.06. The van der Waals surface area contributed by atoms with Crippen LogP contribution < -0.4 is 0 Å². The Kier molecular flexibility index (Phi) is 4.33. The Balaban J connectivity index is 3.01. The molecule has 5 heteroatoms. The number of carbonyl (C=O) groups excluding carboxylic acids is 1. The Bertz CT molecular complexity index is 432. The van der Waals surface area contributed by atoms with Crippen molar-refractivity contribution in [3.05, 3.63) is 40.2 Å². The van der Waals surface area contributed by atoms with Crippen molar-refractivity contribution in [3.63, 3.8) is 0 Å². The second kappa shape index (κ2) is 5.32. The maximum atomic E-state index is 11.3. The van der Waals surface area contributed by atoms with E-state index in [1.54, 1.807) is 13.0 Å². The van der Waals surface area contributed by atoms with Gasteiger partial charge in [0, 0.05) is 17.7 Å². The summed E-state index contributed by atoms with van der Waals surface area (Å²) in [6.07, 6.45) is 1.48. The highest BCUT2D eigenvalue weighted by Crippen LogP contribution is 2.29. The third-order valence-corrected chi connectivity index (χ3v) is 2.73. The Labute approximate surface area is 104 Å². The highest BCUT2D eigenvalue weighted by molar-refractivity contribution is 6.34. The van der Waals surface area contributed by atoms with Crippen LogP contribution in [0.2, 0.25) is 10.0 Å². The fourth-order valence-electron chi connectivity index (χ4n) is 1.22. The van der Waals surface area contributed by atoms with Gasteiger partial charge in [-0.15, -0.1) is 0 Å². The van der Waals surface area contributed by atoms with Gasteiger partial charge in [0.25, 0.3) is 0 Å². The van der Waals surface area contributed by atoms with Crippen molar-refractivity contribution >= 4 is 29.2 Å². The van der Waals surface area contributed by atoms with Gasteiger partial charge in [0.1, 0.15) is 0 Å². The van der Waals surface area contributed by atoms with Crippen molar-refractivity contribution in [2.24, 2.45) is 0 Å². The van der Waals surface area contributed by atoms with E-state index in [0.29, 0.717) is 21.3 Å². The van der Waals surface area contributed by atoms with Crippen LogP contribution in [0.15, 0.2) is 24.4 Å². The van der Waals surface area contributed by atoms with Crippen LogP contribution in [0.1, 0.15) is 18.5 Å². The number of esters is 1. The van der Waals surface area contributed by atoms with Crippen molar-refractivity contribution in [2.75, 3.05) is 7.11 Å². The number of hydrogen-bond acceptors (Lipinski definition) is 3. The molecule has 16 heavy (non-hydrogen) atoms. The zero-order valence-corrected chi connectivity index (χ0v) is 10.5. The van der Waals surface area contributed by atoms with E-state index in [4.69, 9.17) is 23.2 Å². The minimum Gasteiger partial charge on any atom is -0.466 e. The number of halogens is 2. The smallest absolute Gasteiger partial charge is 0.333 e. The number of pyridine rings is 1. The lowest BCUT2D eigenvalue weighted by molar-refractivity contribution is -0.136. The summed E-state index contributed by atoms with van der Waals surface area (Å²) in [6, 6.07) is 1.58. The van der Waals surface area contributed by atoms with Gasteiger partial charge in [-0.1, -0.05) is 36.7 Å². The summed E-state index contributed by atoms with van der Waals surface area (Å²) >= 11 is 11.7. The summed E-state index contributed by atoms with van der Waals surface area (Å²) in [5, 5.41) is 0.856. The SMILES string of the molecule is C=C(C(=O)OC)C(C)c1ncc(Cl)cc1Cl. The summed E-state index contributed by atoms with van der Waals surface area (Å²) in [6.45, 7) is 5.44. The molecular weight excluding hydrogens is 249 g/mol. The molecule has 0 spiro atoms. The first-order chi connectivity index (χ1) is 7.47. The second-order valence-corrected chi connectivity index (χ2v) is 4.10. The molecule has 1 heterocycles. The molecule has 1 aromatic heterocycles. The third-order valence-electron chi connectivity index (χ3n) is 2.22. The van der Waals surface area contributed by atoms with Gasteiger partial charge in [-0.3, -0.25) is 4.98 Å². The van der Waals surface area contributed by atoms with Gasteiger partial charge >= 0.3 is 5.97 Å². The summed E-state index contributed by atoms with van der Waals surface area (Å²) < 4.78 is 4.58. The Morgan fingerprint density at radius 3 is 2.69 bits per heavy atom. The Morgan fingerprint density at radius 2 is 2.19 bits per heavy atom. The molecule has 0 fully saturated rings. The van der Waals surface area contributed by atoms with Gasteiger partial charge in [-0.25, -0.2) is 4.79 Å². The number of rotatable bonds is 3. The van der Waals surface area contributed by atoms with E-state index in [9.17, 15) is 4.79 Å². The highest BCUT2D eigenvalue weighted by Gasteiger charge is 2.20. The molecule has 0 N–H and O–H groups in total. The van der Waals surface area contributed by atoms with Gasteiger partial charge in [0.2, 0.25) is 0 Å². The lowest BCUT2D eigenvalue weighted by atomic mass is 9.98. The topological polar surface area (TPSA) is 39.2 Å². The number of ether oxygens (including phenoxy) is 1. The normalized spacial score (nSPS) is 12.0. The van der Waals surface area contributed by atoms with Crippen molar-refractivity contribution in [3.8, 4) is 0 Å². The average Bonchev–Trinajstić information content (AvgIpc) is 2.26. The first-order valence-electron chi connectivity index (χ1n) is 4.55. The molecule has 0 radical (unpaired) electrons. The highest BCUT2D eigenvalue weighted by atomic mass is 35.5. The second-order valence-electron chi connectivity index (χ2n) is 3.26. The molecule has 1 unspecified atom stereocenters. The van der Waals surface area contributed by atoms with Crippen LogP contribution in [-0.2, 0) is 9.53 Å². The number of nitrogens with zero attached hydrogens (tertiary/aromatic N) is 1. The zero-order chi connectivity index (χ0) is 12.3. The molecule has 1 aromatic rings. The molecule has 0 aromatic carbocycles. The van der Waals surface area contributed by atoms with E-state index < -0.39 is 5.97 Å². The molecule has 0 aliphatic rings. The molecule has 0 aliphatic heterocycles. The van der Waals surface area contributed by atoms with Crippen molar-refractivity contribution in [1.29, 1.82) is 0 Å². The predicted molar refractivity (Wildman–Crippen MR) is 63.8 cm³/mol. The van der Waals surface area contributed by atoms with E-state index in [2.05, 4.69) is 16.3 Å². The van der Waals surface area contributed by atoms with E-state index in [1.165, 1.54) is 13.3 Å². The molecule has 3 nitrogen and oxygen atoms in total. The largest absolute Gasteiger partial charge is 0.466 e. The van der Waals surface area contributed by atoms with E-state index in [1.807, 2.05) is 0 Å². The van der Waals surface area contributed by atoms with Gasteiger partial charge in [-0.2, -0.15) is 0 Å². The van der Waals surface area contributed by atoms with Gasteiger partial charge in [0.05, 0.1) is 22.8 Å². The maximum Gasteiger partial charge on any atom is 0.333 e. The summed E-state index contributed by atoms with van der Waals surface area (Å²) in [5.74, 6) is -0.780. The van der Waals surface area contributed by atoms with Crippen molar-refractivity contribution < 1.29 is 9.53 Å². The molecule has 0 saturated heterocycles. The minimum atomic E-state index is -0.472. The summed E-state index contributed by atoms with van der Waals surface area (Å²) in [5.41, 5.74) is 0.862. The predicted octanol–water partition coefficient (Wildman–Crippen LogP) is 3.22. The van der Waals surface area contributed by atoms with Crippen LogP contribution in [-0.4, -0.2) is 18.1 Å². The van der Waals surface area contributed by atoms with Crippen LogP contribution >= 0.6 is 23.2 Å². The minimum absolute atomic E-state index is 0.305. The first-order valence-corrected chi connectivity index (χ1v) is 5.31. The first kappa shape index (κ1) is 13.0. The van der Waals surface area contributed by atoms with E-state index in [0.717, 1.165) is 0 Å². The molecule has 0 aliphatic carbocycles. The van der Waals surface area contributed by atoms with Gasteiger partial charge < -0.3 is 4.74 Å². The van der Waals surface area contributed by atoms with Crippen LogP contribution in [0.5, 0.6) is 0 Å². The summed E-state index contributed by atoms with van der Waals surface area (Å²) in [7, 11) is 1.30. The maximum absolute atomic E-state index is 11.3. The van der Waals surface area contributed by atoms with Crippen molar-refractivity contribution in [1.82, 2.24) is 4.98 Å². The van der Waals surface area contributed by atoms with Crippen LogP contribution in [0.25, 0.3) is 0 Å². The number of carbonyl (C=O) groups is 1. The fraction of sp³-hybridized carbons (Fsp3) is 0.273. The van der Waals surface area contributed by atoms with Crippen LogP contribution in [0.3, 0.4) is 0 Å². The Morgan fingerprint density at radius 1 is 1.56 bits per heavy atom. The molecule has 0 amide bonds. The lowest BCUT2D eigenvalue weighted by Gasteiger charge is -2.13. The number of methoxy groups -OCH3 is 1. The lowest BCUT2D eigenvalue weighted by Crippen LogP contribution is -2.11. The quantitative estimate of drug-likeness (QED) is 0.618. The van der Waals surface area contributed by atoms with Gasteiger partial charge in [-0.05, 0) is 6.07 Å².